The van der Waals surface area contributed by atoms with Crippen LogP contribution in [0.15, 0.2) is 30.3 Å². The summed E-state index contributed by atoms with van der Waals surface area (Å²) in [5, 5.41) is 3.47. The van der Waals surface area contributed by atoms with Gasteiger partial charge in [-0.1, -0.05) is 30.3 Å². The molecule has 2 nitrogen and oxygen atoms in total. The molecule has 1 fully saturated rings. The molecule has 0 saturated carbocycles. The van der Waals surface area contributed by atoms with Crippen LogP contribution in [0.5, 0.6) is 0 Å². The van der Waals surface area contributed by atoms with Crippen molar-refractivity contribution in [1.82, 2.24) is 5.32 Å². The van der Waals surface area contributed by atoms with E-state index in [1.54, 1.807) is 0 Å². The SMILES string of the molecule is Cl.c1ccc(C2COCCCN2)cc1. The van der Waals surface area contributed by atoms with Gasteiger partial charge in [-0.15, -0.1) is 12.4 Å². The van der Waals surface area contributed by atoms with E-state index in [2.05, 4.69) is 29.6 Å². The van der Waals surface area contributed by atoms with Crippen molar-refractivity contribution < 1.29 is 4.74 Å². The molecule has 0 bridgehead atoms. The van der Waals surface area contributed by atoms with Crippen molar-refractivity contribution in [3.05, 3.63) is 35.9 Å². The third-order valence-electron chi connectivity index (χ3n) is 2.34. The number of hydrogen-bond donors (Lipinski definition) is 1. The molecule has 0 amide bonds. The molecule has 1 aromatic carbocycles. The van der Waals surface area contributed by atoms with Gasteiger partial charge in [0.15, 0.2) is 0 Å². The smallest absolute Gasteiger partial charge is 0.0661 e. The molecule has 2 rings (SSSR count). The average Bonchev–Trinajstić information content (AvgIpc) is 2.47. The maximum Gasteiger partial charge on any atom is 0.0661 e. The number of nitrogens with one attached hydrogen (secondary N) is 1. The van der Waals surface area contributed by atoms with Gasteiger partial charge in [0.25, 0.3) is 0 Å². The van der Waals surface area contributed by atoms with Crippen molar-refractivity contribution in [3.63, 3.8) is 0 Å². The highest BCUT2D eigenvalue weighted by Crippen LogP contribution is 2.14. The van der Waals surface area contributed by atoms with Gasteiger partial charge in [-0.05, 0) is 18.5 Å². The fourth-order valence-corrected chi connectivity index (χ4v) is 1.61. The summed E-state index contributed by atoms with van der Waals surface area (Å²) in [6.07, 6.45) is 1.11. The second-order valence-corrected chi connectivity index (χ2v) is 3.35. The summed E-state index contributed by atoms with van der Waals surface area (Å²) in [6.45, 7) is 2.74. The lowest BCUT2D eigenvalue weighted by Gasteiger charge is -2.14. The largest absolute Gasteiger partial charge is 0.379 e. The van der Waals surface area contributed by atoms with E-state index in [-0.39, 0.29) is 12.4 Å². The van der Waals surface area contributed by atoms with E-state index in [1.165, 1.54) is 5.56 Å². The molecule has 1 heterocycles. The molecule has 3 heteroatoms. The molecule has 14 heavy (non-hydrogen) atoms. The summed E-state index contributed by atoms with van der Waals surface area (Å²) in [5.41, 5.74) is 1.32. The van der Waals surface area contributed by atoms with E-state index >= 15 is 0 Å². The molecule has 0 spiro atoms. The molecule has 1 saturated heterocycles. The molecule has 0 radical (unpaired) electrons. The maximum atomic E-state index is 5.50. The van der Waals surface area contributed by atoms with Crippen LogP contribution in [-0.4, -0.2) is 19.8 Å². The summed E-state index contributed by atoms with van der Waals surface area (Å²) < 4.78 is 5.50. The molecule has 1 atom stereocenters. The van der Waals surface area contributed by atoms with Crippen LogP contribution in [-0.2, 0) is 4.74 Å². The van der Waals surface area contributed by atoms with Crippen LogP contribution >= 0.6 is 12.4 Å². The van der Waals surface area contributed by atoms with Crippen molar-refractivity contribution in [2.24, 2.45) is 0 Å². The molecule has 1 aliphatic rings. The fraction of sp³-hybridized carbons (Fsp3) is 0.455. The van der Waals surface area contributed by atoms with Crippen LogP contribution < -0.4 is 5.32 Å². The Kier molecular flexibility index (Phi) is 4.94. The first kappa shape index (κ1) is 11.5. The molecule has 1 unspecified atom stereocenters. The van der Waals surface area contributed by atoms with Gasteiger partial charge < -0.3 is 10.1 Å². The van der Waals surface area contributed by atoms with Crippen LogP contribution in [0, 0.1) is 0 Å². The van der Waals surface area contributed by atoms with Crippen molar-refractivity contribution >= 4 is 12.4 Å². The lowest BCUT2D eigenvalue weighted by Crippen LogP contribution is -2.23. The summed E-state index contributed by atoms with van der Waals surface area (Å²) in [4.78, 5) is 0. The normalized spacial score (nSPS) is 22.1. The Balaban J connectivity index is 0.000000980. The summed E-state index contributed by atoms with van der Waals surface area (Å²) in [6, 6.07) is 10.9. The second kappa shape index (κ2) is 6.02. The van der Waals surface area contributed by atoms with E-state index < -0.39 is 0 Å². The van der Waals surface area contributed by atoms with Gasteiger partial charge in [-0.25, -0.2) is 0 Å². The third kappa shape index (κ3) is 2.98. The molecular weight excluding hydrogens is 198 g/mol. The van der Waals surface area contributed by atoms with E-state index in [1.807, 2.05) is 6.07 Å². The first-order valence-electron chi connectivity index (χ1n) is 4.83. The fourth-order valence-electron chi connectivity index (χ4n) is 1.61. The highest BCUT2D eigenvalue weighted by molar-refractivity contribution is 5.85. The Bertz CT molecular complexity index is 245. The number of hydrogen-bond acceptors (Lipinski definition) is 2. The molecule has 1 N–H and O–H groups in total. The van der Waals surface area contributed by atoms with Crippen LogP contribution in [0.2, 0.25) is 0 Å². The van der Waals surface area contributed by atoms with E-state index in [0.29, 0.717) is 6.04 Å². The third-order valence-corrected chi connectivity index (χ3v) is 2.34. The minimum Gasteiger partial charge on any atom is -0.379 e. The van der Waals surface area contributed by atoms with Crippen LogP contribution in [0.25, 0.3) is 0 Å². The Hall–Kier alpha value is -0.570. The molecular formula is C11H16ClNO. The zero-order valence-electron chi connectivity index (χ0n) is 8.11. The molecule has 0 aliphatic carbocycles. The first-order chi connectivity index (χ1) is 6.47. The van der Waals surface area contributed by atoms with Gasteiger partial charge in [-0.2, -0.15) is 0 Å². The summed E-state index contributed by atoms with van der Waals surface area (Å²) in [5.74, 6) is 0. The summed E-state index contributed by atoms with van der Waals surface area (Å²) >= 11 is 0. The standard InChI is InChI=1S/C11H15NO.ClH/c1-2-5-10(6-3-1)11-9-13-8-4-7-12-11;/h1-3,5-6,11-12H,4,7-9H2;1H. The van der Waals surface area contributed by atoms with Gasteiger partial charge in [-0.3, -0.25) is 0 Å². The maximum absolute atomic E-state index is 5.50. The number of halogens is 1. The van der Waals surface area contributed by atoms with Crippen molar-refractivity contribution in [3.8, 4) is 0 Å². The van der Waals surface area contributed by atoms with Crippen LogP contribution in [0.4, 0.5) is 0 Å². The minimum atomic E-state index is 0. The minimum absolute atomic E-state index is 0. The Morgan fingerprint density at radius 1 is 1.21 bits per heavy atom. The molecule has 1 aromatic rings. The van der Waals surface area contributed by atoms with Crippen molar-refractivity contribution in [1.29, 1.82) is 0 Å². The predicted octanol–water partition coefficient (Wildman–Crippen LogP) is 2.16. The van der Waals surface area contributed by atoms with E-state index in [4.69, 9.17) is 4.74 Å². The topological polar surface area (TPSA) is 21.3 Å². The Morgan fingerprint density at radius 3 is 2.79 bits per heavy atom. The van der Waals surface area contributed by atoms with Crippen LogP contribution in [0.3, 0.4) is 0 Å². The zero-order valence-corrected chi connectivity index (χ0v) is 8.93. The van der Waals surface area contributed by atoms with Gasteiger partial charge in [0, 0.05) is 6.61 Å². The molecule has 0 aromatic heterocycles. The number of benzene rings is 1. The lowest BCUT2D eigenvalue weighted by molar-refractivity contribution is 0.131. The first-order valence-corrected chi connectivity index (χ1v) is 4.83. The lowest BCUT2D eigenvalue weighted by atomic mass is 10.1. The average molecular weight is 214 g/mol. The Morgan fingerprint density at radius 2 is 2.00 bits per heavy atom. The predicted molar refractivity (Wildman–Crippen MR) is 59.9 cm³/mol. The monoisotopic (exact) mass is 213 g/mol. The number of ether oxygens (including phenoxy) is 1. The zero-order chi connectivity index (χ0) is 8.93. The highest BCUT2D eigenvalue weighted by Gasteiger charge is 2.12. The number of rotatable bonds is 1. The van der Waals surface area contributed by atoms with Crippen molar-refractivity contribution in [2.75, 3.05) is 19.8 Å². The summed E-state index contributed by atoms with van der Waals surface area (Å²) in [7, 11) is 0. The Labute approximate surface area is 91.1 Å². The quantitative estimate of drug-likeness (QED) is 0.772. The van der Waals surface area contributed by atoms with E-state index in [9.17, 15) is 0 Å². The van der Waals surface area contributed by atoms with Crippen LogP contribution in [0.1, 0.15) is 18.0 Å². The molecule has 78 valence electrons. The van der Waals surface area contributed by atoms with Gasteiger partial charge in [0.05, 0.1) is 12.6 Å². The second-order valence-electron chi connectivity index (χ2n) is 3.35. The van der Waals surface area contributed by atoms with Gasteiger partial charge in [0.1, 0.15) is 0 Å². The molecule has 1 aliphatic heterocycles. The van der Waals surface area contributed by atoms with Gasteiger partial charge in [0.2, 0.25) is 0 Å². The van der Waals surface area contributed by atoms with Crippen molar-refractivity contribution in [2.45, 2.75) is 12.5 Å². The van der Waals surface area contributed by atoms with Gasteiger partial charge >= 0.3 is 0 Å². The highest BCUT2D eigenvalue weighted by atomic mass is 35.5. The van der Waals surface area contributed by atoms with E-state index in [0.717, 1.165) is 26.2 Å².